The van der Waals surface area contributed by atoms with Gasteiger partial charge in [-0.3, -0.25) is 0 Å². The predicted octanol–water partition coefficient (Wildman–Crippen LogP) is 2.13. The summed E-state index contributed by atoms with van der Waals surface area (Å²) < 4.78 is 4.55. The highest BCUT2D eigenvalue weighted by Crippen LogP contribution is 2.14. The highest BCUT2D eigenvalue weighted by Gasteiger charge is 2.18. The van der Waals surface area contributed by atoms with Crippen molar-refractivity contribution in [2.24, 2.45) is 11.1 Å². The lowest BCUT2D eigenvalue weighted by atomic mass is 10.1. The molecule has 0 bridgehead atoms. The summed E-state index contributed by atoms with van der Waals surface area (Å²) in [7, 11) is 0. The molecular formula is C9H15NO4. The molecule has 0 aromatic heterocycles. The molecule has 0 aromatic rings. The third-order valence-electron chi connectivity index (χ3n) is 1.44. The third kappa shape index (κ3) is 4.02. The lowest BCUT2D eigenvalue weighted by molar-refractivity contribution is -0.138. The van der Waals surface area contributed by atoms with Gasteiger partial charge in [0.05, 0.1) is 6.61 Å². The van der Waals surface area contributed by atoms with Gasteiger partial charge in [0.1, 0.15) is 5.76 Å². The van der Waals surface area contributed by atoms with Crippen LogP contribution in [0.15, 0.2) is 16.6 Å². The zero-order chi connectivity index (χ0) is 11.1. The van der Waals surface area contributed by atoms with E-state index in [1.807, 2.05) is 13.8 Å². The Morgan fingerprint density at radius 2 is 2.07 bits per heavy atom. The first-order chi connectivity index (χ1) is 6.52. The molecule has 0 aliphatic heterocycles. The fourth-order valence-corrected chi connectivity index (χ4v) is 0.891. The van der Waals surface area contributed by atoms with Crippen molar-refractivity contribution in [2.75, 3.05) is 6.61 Å². The van der Waals surface area contributed by atoms with Crippen LogP contribution in [0.2, 0.25) is 0 Å². The van der Waals surface area contributed by atoms with Crippen molar-refractivity contribution in [3.8, 4) is 0 Å². The summed E-state index contributed by atoms with van der Waals surface area (Å²) in [5, 5.41) is 11.8. The number of rotatable bonds is 5. The van der Waals surface area contributed by atoms with E-state index in [1.54, 1.807) is 6.92 Å². The highest BCUT2D eigenvalue weighted by molar-refractivity contribution is 5.88. The second-order valence-electron chi connectivity index (χ2n) is 3.21. The maximum atomic E-state index is 11.1. The zero-order valence-corrected chi connectivity index (χ0v) is 8.61. The lowest BCUT2D eigenvalue weighted by Crippen LogP contribution is -2.09. The largest absolute Gasteiger partial charge is 0.510 e. The number of hydrogen-bond acceptors (Lipinski definition) is 5. The van der Waals surface area contributed by atoms with Crippen LogP contribution < -0.4 is 0 Å². The normalized spacial score (nSPS) is 12.3. The second kappa shape index (κ2) is 6.12. The van der Waals surface area contributed by atoms with Crippen LogP contribution in [0, 0.1) is 10.8 Å². The number of hydrogen-bond donors (Lipinski definition) is 1. The zero-order valence-electron chi connectivity index (χ0n) is 8.61. The molecular weight excluding hydrogens is 186 g/mol. The Labute approximate surface area is 82.7 Å². The van der Waals surface area contributed by atoms with Gasteiger partial charge in [-0.25, -0.2) is 4.79 Å². The number of carbonyl (C=O) groups excluding carboxylic acids is 1. The van der Waals surface area contributed by atoms with Crippen LogP contribution in [-0.4, -0.2) is 17.7 Å². The van der Waals surface area contributed by atoms with Crippen molar-refractivity contribution in [3.05, 3.63) is 16.4 Å². The molecule has 5 nitrogen and oxygen atoms in total. The number of nitrogens with zero attached hydrogens (tertiary/aromatic N) is 1. The third-order valence-corrected chi connectivity index (χ3v) is 1.44. The van der Waals surface area contributed by atoms with E-state index in [4.69, 9.17) is 0 Å². The van der Waals surface area contributed by atoms with Gasteiger partial charge < -0.3 is 9.84 Å². The number of ether oxygens (including phenoxy) is 1. The van der Waals surface area contributed by atoms with Crippen LogP contribution in [0.1, 0.15) is 27.2 Å². The van der Waals surface area contributed by atoms with Crippen molar-refractivity contribution in [1.82, 2.24) is 0 Å². The first-order valence-electron chi connectivity index (χ1n) is 4.45. The maximum absolute atomic E-state index is 11.1. The van der Waals surface area contributed by atoms with Crippen molar-refractivity contribution in [3.63, 3.8) is 0 Å². The van der Waals surface area contributed by atoms with Gasteiger partial charge in [-0.2, -0.15) is 0 Å². The minimum absolute atomic E-state index is 0.140. The monoisotopic (exact) mass is 201 g/mol. The minimum atomic E-state index is -0.874. The van der Waals surface area contributed by atoms with Gasteiger partial charge in [-0.05, 0) is 18.0 Å². The van der Waals surface area contributed by atoms with Gasteiger partial charge in [0.25, 0.3) is 0 Å². The van der Waals surface area contributed by atoms with Crippen LogP contribution in [0.25, 0.3) is 0 Å². The molecule has 0 aliphatic carbocycles. The van der Waals surface area contributed by atoms with E-state index in [9.17, 15) is 14.8 Å². The minimum Gasteiger partial charge on any atom is -0.510 e. The van der Waals surface area contributed by atoms with Crippen molar-refractivity contribution < 1.29 is 14.6 Å². The Balaban J connectivity index is 4.65. The van der Waals surface area contributed by atoms with E-state index in [2.05, 4.69) is 9.91 Å². The molecule has 0 unspecified atom stereocenters. The Hall–Kier alpha value is -1.39. The Bertz CT molecular complexity index is 245. The molecule has 0 fully saturated rings. The van der Waals surface area contributed by atoms with Crippen LogP contribution in [0.3, 0.4) is 0 Å². The summed E-state index contributed by atoms with van der Waals surface area (Å²) in [4.78, 5) is 21.3. The molecule has 0 rings (SSSR count). The Morgan fingerprint density at radius 3 is 2.43 bits per heavy atom. The Morgan fingerprint density at radius 1 is 1.50 bits per heavy atom. The number of aliphatic hydroxyl groups is 1. The van der Waals surface area contributed by atoms with Crippen LogP contribution >= 0.6 is 0 Å². The highest BCUT2D eigenvalue weighted by atomic mass is 16.5. The SMILES string of the molecule is CCOC(=O)C(N=O)=C(O)CC(C)C. The maximum Gasteiger partial charge on any atom is 0.364 e. The standard InChI is InChI=1S/C9H15NO4/c1-4-14-9(12)8(10-13)7(11)5-6(2)3/h6,11H,4-5H2,1-3H3. The Kier molecular flexibility index (Phi) is 5.52. The van der Waals surface area contributed by atoms with Crippen LogP contribution in [0.5, 0.6) is 0 Å². The van der Waals surface area contributed by atoms with Crippen molar-refractivity contribution in [1.29, 1.82) is 0 Å². The molecule has 0 aromatic carbocycles. The van der Waals surface area contributed by atoms with Crippen molar-refractivity contribution >= 4 is 5.97 Å². The lowest BCUT2D eigenvalue weighted by Gasteiger charge is -2.05. The first-order valence-corrected chi connectivity index (χ1v) is 4.45. The topological polar surface area (TPSA) is 76.0 Å². The quantitative estimate of drug-likeness (QED) is 0.320. The molecule has 0 radical (unpaired) electrons. The predicted molar refractivity (Wildman–Crippen MR) is 51.5 cm³/mol. The molecule has 1 N–H and O–H groups in total. The summed E-state index contributed by atoms with van der Waals surface area (Å²) >= 11 is 0. The molecule has 0 saturated carbocycles. The van der Waals surface area contributed by atoms with Crippen LogP contribution in [-0.2, 0) is 9.53 Å². The molecule has 80 valence electrons. The average Bonchev–Trinajstić information content (AvgIpc) is 2.04. The van der Waals surface area contributed by atoms with Gasteiger partial charge in [0.2, 0.25) is 5.70 Å². The van der Waals surface area contributed by atoms with Gasteiger partial charge in [0, 0.05) is 6.42 Å². The van der Waals surface area contributed by atoms with Gasteiger partial charge in [-0.1, -0.05) is 13.8 Å². The second-order valence-corrected chi connectivity index (χ2v) is 3.21. The number of allylic oxidation sites excluding steroid dienone is 1. The summed E-state index contributed by atoms with van der Waals surface area (Å²) in [6.45, 7) is 5.46. The van der Waals surface area contributed by atoms with E-state index in [0.717, 1.165) is 0 Å². The molecule has 14 heavy (non-hydrogen) atoms. The summed E-state index contributed by atoms with van der Waals surface area (Å²) in [6, 6.07) is 0. The van der Waals surface area contributed by atoms with E-state index >= 15 is 0 Å². The number of nitroso groups, excluding NO2 is 1. The molecule has 5 heteroatoms. The molecule has 0 amide bonds. The fourth-order valence-electron chi connectivity index (χ4n) is 0.891. The van der Waals surface area contributed by atoms with E-state index < -0.39 is 11.7 Å². The smallest absolute Gasteiger partial charge is 0.364 e. The van der Waals surface area contributed by atoms with E-state index in [1.165, 1.54) is 0 Å². The summed E-state index contributed by atoms with van der Waals surface area (Å²) in [6.07, 6.45) is 0.236. The van der Waals surface area contributed by atoms with E-state index in [-0.39, 0.29) is 24.7 Å². The fraction of sp³-hybridized carbons (Fsp3) is 0.667. The van der Waals surface area contributed by atoms with Crippen molar-refractivity contribution in [2.45, 2.75) is 27.2 Å². The van der Waals surface area contributed by atoms with Gasteiger partial charge >= 0.3 is 5.97 Å². The summed E-state index contributed by atoms with van der Waals surface area (Å²) in [5.41, 5.74) is -0.527. The molecule has 0 spiro atoms. The first kappa shape index (κ1) is 12.6. The number of carbonyl (C=O) groups is 1. The molecule has 0 atom stereocenters. The van der Waals surface area contributed by atoms with Gasteiger partial charge in [-0.15, -0.1) is 4.91 Å². The van der Waals surface area contributed by atoms with Crippen LogP contribution in [0.4, 0.5) is 0 Å². The summed E-state index contributed by atoms with van der Waals surface area (Å²) in [5.74, 6) is -1.05. The van der Waals surface area contributed by atoms with E-state index in [0.29, 0.717) is 0 Å². The average molecular weight is 201 g/mol. The number of aliphatic hydroxyl groups excluding tert-OH is 1. The molecule has 0 saturated heterocycles. The van der Waals surface area contributed by atoms with Gasteiger partial charge in [0.15, 0.2) is 0 Å². The number of esters is 1. The molecule has 0 aliphatic rings. The molecule has 0 heterocycles.